The van der Waals surface area contributed by atoms with E-state index in [1.807, 2.05) is 37.3 Å². The van der Waals surface area contributed by atoms with Gasteiger partial charge in [-0.1, -0.05) is 37.3 Å². The van der Waals surface area contributed by atoms with Crippen LogP contribution in [0.1, 0.15) is 44.1 Å². The molecular formula is C21H28BrNO5. The number of fused-ring (bicyclic) bond motifs is 5. The van der Waals surface area contributed by atoms with Gasteiger partial charge in [0.15, 0.2) is 0 Å². The fourth-order valence-electron chi connectivity index (χ4n) is 4.48. The molecule has 0 aliphatic carbocycles. The average molecular weight is 454 g/mol. The largest absolute Gasteiger partial charge is 0.464 e. The zero-order chi connectivity index (χ0) is 19.0. The minimum Gasteiger partial charge on any atom is -0.464 e. The highest BCUT2D eigenvalue weighted by Crippen LogP contribution is 2.48. The molecule has 2 bridgehead atoms. The van der Waals surface area contributed by atoms with E-state index in [0.717, 1.165) is 24.8 Å². The predicted octanol–water partition coefficient (Wildman–Crippen LogP) is 2.85. The van der Waals surface area contributed by atoms with Gasteiger partial charge in [0.05, 0.1) is 0 Å². The number of morpholine rings is 1. The first-order chi connectivity index (χ1) is 13.1. The third-order valence-electron chi connectivity index (χ3n) is 6.01. The van der Waals surface area contributed by atoms with Gasteiger partial charge in [-0.05, 0) is 19.0 Å². The molecular weight excluding hydrogens is 426 g/mol. The zero-order valence-electron chi connectivity index (χ0n) is 16.3. The summed E-state index contributed by atoms with van der Waals surface area (Å²) in [5.74, 6) is -1.18. The van der Waals surface area contributed by atoms with Crippen LogP contribution in [0.5, 0.6) is 0 Å². The van der Waals surface area contributed by atoms with Crippen molar-refractivity contribution in [2.24, 2.45) is 0 Å². The van der Waals surface area contributed by atoms with E-state index in [0.29, 0.717) is 30.7 Å². The molecule has 3 fully saturated rings. The van der Waals surface area contributed by atoms with Crippen LogP contribution in [0.15, 0.2) is 30.3 Å². The Hall–Kier alpha value is -1.44. The Kier molecular flexibility index (Phi) is 6.78. The van der Waals surface area contributed by atoms with Crippen molar-refractivity contribution >= 4 is 28.9 Å². The van der Waals surface area contributed by atoms with Gasteiger partial charge >= 0.3 is 11.9 Å². The van der Waals surface area contributed by atoms with E-state index in [2.05, 4.69) is 11.9 Å². The molecule has 3 aliphatic rings. The predicted molar refractivity (Wildman–Crippen MR) is 108 cm³/mol. The van der Waals surface area contributed by atoms with Crippen LogP contribution in [0.4, 0.5) is 0 Å². The van der Waals surface area contributed by atoms with Crippen LogP contribution in [-0.2, 0) is 23.8 Å². The molecule has 0 aromatic heterocycles. The zero-order valence-corrected chi connectivity index (χ0v) is 18.0. The van der Waals surface area contributed by atoms with Crippen LogP contribution in [0.25, 0.3) is 0 Å². The quantitative estimate of drug-likeness (QED) is 0.466. The highest BCUT2D eigenvalue weighted by atomic mass is 79.9. The number of nitrogens with zero attached hydrogens (tertiary/aromatic N) is 1. The average Bonchev–Trinajstić information content (AvgIpc) is 3.41. The number of piperidine rings is 1. The summed E-state index contributed by atoms with van der Waals surface area (Å²) < 4.78 is 16.9. The van der Waals surface area contributed by atoms with Crippen molar-refractivity contribution in [1.29, 1.82) is 0 Å². The number of esters is 2. The van der Waals surface area contributed by atoms with E-state index in [1.165, 1.54) is 0 Å². The van der Waals surface area contributed by atoms with Crippen molar-refractivity contribution in [3.8, 4) is 0 Å². The van der Waals surface area contributed by atoms with Gasteiger partial charge < -0.3 is 14.2 Å². The molecule has 6 atom stereocenters. The Labute approximate surface area is 176 Å². The normalized spacial score (nSPS) is 31.3. The lowest BCUT2D eigenvalue weighted by molar-refractivity contribution is -0.159. The van der Waals surface area contributed by atoms with Crippen LogP contribution in [-0.4, -0.2) is 60.9 Å². The molecule has 0 saturated carbocycles. The van der Waals surface area contributed by atoms with Crippen molar-refractivity contribution in [1.82, 2.24) is 4.90 Å². The van der Waals surface area contributed by atoms with Crippen LogP contribution < -0.4 is 0 Å². The number of rotatable bonds is 7. The van der Waals surface area contributed by atoms with E-state index in [-0.39, 0.29) is 41.6 Å². The lowest BCUT2D eigenvalue weighted by Crippen LogP contribution is -2.48. The van der Waals surface area contributed by atoms with Gasteiger partial charge in [0, 0.05) is 31.3 Å². The highest BCUT2D eigenvalue weighted by molar-refractivity contribution is 8.93. The molecule has 1 aromatic carbocycles. The lowest BCUT2D eigenvalue weighted by atomic mass is 9.97. The number of ether oxygens (including phenoxy) is 3. The second kappa shape index (κ2) is 8.93. The standard InChI is InChI=1S/C21H27NO5.BrH/c1-3-7-18(23)25-12-15(13-8-5-4-6-9-13)21(24)26-14-10-16-19-20(27-19)17(11-14)22(16)2;/h4-6,8-9,14-17,19-20H,3,7,10-12H2,1-2H3;1H/t14-,15-,16-,17+,19-,20+;/m1./s1. The summed E-state index contributed by atoms with van der Waals surface area (Å²) in [4.78, 5) is 27.1. The third-order valence-corrected chi connectivity index (χ3v) is 6.01. The van der Waals surface area contributed by atoms with Gasteiger partial charge in [0.1, 0.15) is 30.8 Å². The van der Waals surface area contributed by atoms with Crippen LogP contribution in [0, 0.1) is 0 Å². The minimum atomic E-state index is -0.588. The summed E-state index contributed by atoms with van der Waals surface area (Å²) in [6, 6.07) is 10.1. The van der Waals surface area contributed by atoms with E-state index in [9.17, 15) is 9.59 Å². The Morgan fingerprint density at radius 1 is 1.18 bits per heavy atom. The topological polar surface area (TPSA) is 68.4 Å². The first-order valence-corrected chi connectivity index (χ1v) is 9.87. The molecule has 6 nitrogen and oxygen atoms in total. The van der Waals surface area contributed by atoms with Crippen molar-refractivity contribution in [3.63, 3.8) is 0 Å². The van der Waals surface area contributed by atoms with Gasteiger partial charge in [-0.15, -0.1) is 17.0 Å². The van der Waals surface area contributed by atoms with E-state index < -0.39 is 5.92 Å². The maximum Gasteiger partial charge on any atom is 0.317 e. The van der Waals surface area contributed by atoms with E-state index in [4.69, 9.17) is 14.2 Å². The number of benzene rings is 1. The van der Waals surface area contributed by atoms with E-state index >= 15 is 0 Å². The second-order valence-electron chi connectivity index (χ2n) is 7.79. The number of carbonyl (C=O) groups is 2. The fourth-order valence-corrected chi connectivity index (χ4v) is 4.48. The number of halogens is 1. The lowest BCUT2D eigenvalue weighted by Gasteiger charge is -2.38. The molecule has 28 heavy (non-hydrogen) atoms. The molecule has 0 unspecified atom stereocenters. The van der Waals surface area contributed by atoms with Gasteiger partial charge in [-0.2, -0.15) is 0 Å². The number of carbonyl (C=O) groups excluding carboxylic acids is 2. The maximum absolute atomic E-state index is 12.9. The molecule has 3 aliphatic heterocycles. The number of hydrogen-bond donors (Lipinski definition) is 0. The molecule has 1 aromatic rings. The molecule has 154 valence electrons. The summed E-state index contributed by atoms with van der Waals surface area (Å²) in [6.07, 6.45) is 3.21. The van der Waals surface area contributed by atoms with Crippen LogP contribution >= 0.6 is 17.0 Å². The molecule has 0 amide bonds. The van der Waals surface area contributed by atoms with E-state index in [1.54, 1.807) is 0 Å². The first kappa shape index (κ1) is 21.3. The van der Waals surface area contributed by atoms with Crippen LogP contribution in [0.3, 0.4) is 0 Å². The van der Waals surface area contributed by atoms with Crippen molar-refractivity contribution in [3.05, 3.63) is 35.9 Å². The number of epoxide rings is 1. The molecule has 3 heterocycles. The monoisotopic (exact) mass is 453 g/mol. The minimum absolute atomic E-state index is 0. The molecule has 3 saturated heterocycles. The fraction of sp³-hybridized carbons (Fsp3) is 0.619. The molecule has 7 heteroatoms. The molecule has 4 rings (SSSR count). The summed E-state index contributed by atoms with van der Waals surface area (Å²) in [5, 5.41) is 0. The summed E-state index contributed by atoms with van der Waals surface area (Å²) >= 11 is 0. The Morgan fingerprint density at radius 2 is 1.82 bits per heavy atom. The Balaban J connectivity index is 0.00000225. The smallest absolute Gasteiger partial charge is 0.317 e. The molecule has 0 spiro atoms. The Morgan fingerprint density at radius 3 is 2.43 bits per heavy atom. The summed E-state index contributed by atoms with van der Waals surface area (Å²) in [6.45, 7) is 1.95. The third kappa shape index (κ3) is 4.26. The summed E-state index contributed by atoms with van der Waals surface area (Å²) in [5.41, 5.74) is 0.814. The van der Waals surface area contributed by atoms with Crippen molar-refractivity contribution in [2.75, 3.05) is 13.7 Å². The van der Waals surface area contributed by atoms with Gasteiger partial charge in [0.2, 0.25) is 0 Å². The molecule has 0 N–H and O–H groups in total. The Bertz CT molecular complexity index is 681. The summed E-state index contributed by atoms with van der Waals surface area (Å²) in [7, 11) is 2.13. The van der Waals surface area contributed by atoms with Crippen LogP contribution in [0.2, 0.25) is 0 Å². The molecule has 0 radical (unpaired) electrons. The van der Waals surface area contributed by atoms with Gasteiger partial charge in [-0.3, -0.25) is 14.5 Å². The highest BCUT2D eigenvalue weighted by Gasteiger charge is 2.62. The maximum atomic E-state index is 12.9. The van der Waals surface area contributed by atoms with Gasteiger partial charge in [0.25, 0.3) is 0 Å². The number of likely N-dealkylation sites (N-methyl/N-ethyl adjacent to an activating group) is 1. The second-order valence-corrected chi connectivity index (χ2v) is 7.79. The van der Waals surface area contributed by atoms with Crippen molar-refractivity contribution in [2.45, 2.75) is 68.9 Å². The first-order valence-electron chi connectivity index (χ1n) is 9.87. The number of hydrogen-bond acceptors (Lipinski definition) is 6. The van der Waals surface area contributed by atoms with Crippen molar-refractivity contribution < 1.29 is 23.8 Å². The SMILES string of the molecule is Br.CCCC(=O)OC[C@@H](C(=O)O[C@@H]1C[C@@H]2[C@H]3O[C@H]3[C@H](C1)N2C)c1ccccc1. The van der Waals surface area contributed by atoms with Gasteiger partial charge in [-0.25, -0.2) is 0 Å².